The first kappa shape index (κ1) is 25.8. The summed E-state index contributed by atoms with van der Waals surface area (Å²) in [4.78, 5) is 24.9. The first-order chi connectivity index (χ1) is 13.6. The van der Waals surface area contributed by atoms with Gasteiger partial charge in [0, 0.05) is 6.54 Å². The molecule has 0 aliphatic heterocycles. The Morgan fingerprint density at radius 2 is 1.76 bits per heavy atom. The number of carboxylic acids is 1. The number of nitrogens with one attached hydrogen (secondary N) is 1. The average Bonchev–Trinajstić information content (AvgIpc) is 2.64. The van der Waals surface area contributed by atoms with E-state index in [0.29, 0.717) is 25.9 Å². The topological polar surface area (TPSA) is 156 Å². The predicted molar refractivity (Wildman–Crippen MR) is 112 cm³/mol. The number of hydrogen-bond acceptors (Lipinski definition) is 5. The molecule has 1 saturated carbocycles. The Hall–Kier alpha value is -1.23. The fraction of sp³-hybridized carbons (Fsp3) is 0.895. The Labute approximate surface area is 174 Å². The van der Waals surface area contributed by atoms with Gasteiger partial charge < -0.3 is 16.2 Å². The molecule has 0 radical (unpaired) electrons. The van der Waals surface area contributed by atoms with Crippen LogP contribution >= 0.6 is 0 Å². The smallest absolute Gasteiger partial charge is 0.322 e. The van der Waals surface area contributed by atoms with E-state index in [-0.39, 0.29) is 24.7 Å². The van der Waals surface area contributed by atoms with Crippen molar-refractivity contribution in [3.05, 3.63) is 0 Å². The number of aliphatic carboxylic acids is 1. The number of nitrogens with zero attached hydrogens (tertiary/aromatic N) is 1. The van der Waals surface area contributed by atoms with Gasteiger partial charge in [-0.3, -0.25) is 9.59 Å². The monoisotopic (exact) mass is 434 g/mol. The summed E-state index contributed by atoms with van der Waals surface area (Å²) < 4.78 is 25.7. The second kappa shape index (κ2) is 12.5. The normalized spacial score (nSPS) is 18.0. The van der Waals surface area contributed by atoms with E-state index in [1.807, 2.05) is 13.8 Å². The van der Waals surface area contributed by atoms with Gasteiger partial charge >= 0.3 is 5.97 Å². The number of hydrogen-bond donors (Lipinski definition) is 4. The summed E-state index contributed by atoms with van der Waals surface area (Å²) in [7, 11) is -4.42. The SMILES string of the molecule is CC(C)CNC(=O)[C@H](CC1CCCCC1)N([C@@H](CCCCN)C(=O)O)S(N)(=O)=O. The summed E-state index contributed by atoms with van der Waals surface area (Å²) in [6.45, 7) is 4.62. The van der Waals surface area contributed by atoms with Gasteiger partial charge in [-0.15, -0.1) is 0 Å². The standard InChI is InChI=1S/C19H38N4O5S/c1-14(2)13-22-18(24)17(12-15-8-4-3-5-9-15)23(29(21,27)28)16(19(25)26)10-6-7-11-20/h14-17H,3-13,20H2,1-2H3,(H,22,24)(H,25,26)(H2,21,27,28)/t16-,17-/m0/s1. The average molecular weight is 435 g/mol. The zero-order chi connectivity index (χ0) is 22.0. The molecule has 0 unspecified atom stereocenters. The van der Waals surface area contributed by atoms with Crippen molar-refractivity contribution in [3.63, 3.8) is 0 Å². The summed E-state index contributed by atoms with van der Waals surface area (Å²) in [5.41, 5.74) is 5.48. The quantitative estimate of drug-likeness (QED) is 0.319. The van der Waals surface area contributed by atoms with Gasteiger partial charge in [-0.05, 0) is 44.1 Å². The summed E-state index contributed by atoms with van der Waals surface area (Å²) in [5.74, 6) is -1.44. The van der Waals surface area contributed by atoms with Crippen molar-refractivity contribution in [3.8, 4) is 0 Å². The molecular weight excluding hydrogens is 396 g/mol. The lowest BCUT2D eigenvalue weighted by Crippen LogP contribution is -2.58. The lowest BCUT2D eigenvalue weighted by molar-refractivity contribution is -0.143. The van der Waals surface area contributed by atoms with E-state index in [9.17, 15) is 23.1 Å². The highest BCUT2D eigenvalue weighted by molar-refractivity contribution is 7.86. The Morgan fingerprint density at radius 3 is 2.24 bits per heavy atom. The molecule has 1 rings (SSSR count). The fourth-order valence-electron chi connectivity index (χ4n) is 3.90. The maximum Gasteiger partial charge on any atom is 0.322 e. The van der Waals surface area contributed by atoms with Gasteiger partial charge in [0.15, 0.2) is 0 Å². The maximum atomic E-state index is 13.0. The van der Waals surface area contributed by atoms with Crippen LogP contribution in [-0.4, -0.2) is 54.9 Å². The van der Waals surface area contributed by atoms with E-state index in [4.69, 9.17) is 10.9 Å². The minimum Gasteiger partial charge on any atom is -0.480 e. The zero-order valence-electron chi connectivity index (χ0n) is 17.7. The Bertz CT molecular complexity index is 620. The third-order valence-corrected chi connectivity index (χ3v) is 6.49. The Kier molecular flexibility index (Phi) is 11.1. The number of nitrogens with two attached hydrogens (primary N) is 2. The van der Waals surface area contributed by atoms with Crippen molar-refractivity contribution in [2.24, 2.45) is 22.7 Å². The molecule has 10 heteroatoms. The molecule has 0 aromatic rings. The molecule has 0 aromatic carbocycles. The molecule has 1 aliphatic carbocycles. The third kappa shape index (κ3) is 8.98. The number of amides is 1. The summed E-state index contributed by atoms with van der Waals surface area (Å²) in [5, 5.41) is 18.0. The van der Waals surface area contributed by atoms with Crippen molar-refractivity contribution in [2.75, 3.05) is 13.1 Å². The van der Waals surface area contributed by atoms with E-state index in [0.717, 1.165) is 36.4 Å². The Morgan fingerprint density at radius 1 is 1.14 bits per heavy atom. The number of rotatable bonds is 13. The number of carbonyl (C=O) groups is 2. The first-order valence-electron chi connectivity index (χ1n) is 10.6. The van der Waals surface area contributed by atoms with Gasteiger partial charge in [0.05, 0.1) is 0 Å². The van der Waals surface area contributed by atoms with Gasteiger partial charge in [0.1, 0.15) is 12.1 Å². The van der Waals surface area contributed by atoms with E-state index in [2.05, 4.69) is 5.32 Å². The van der Waals surface area contributed by atoms with E-state index >= 15 is 0 Å². The minimum absolute atomic E-state index is 0.0571. The molecule has 2 atom stereocenters. The van der Waals surface area contributed by atoms with Crippen molar-refractivity contribution < 1.29 is 23.1 Å². The molecule has 1 aliphatic rings. The molecule has 0 aromatic heterocycles. The van der Waals surface area contributed by atoms with Crippen LogP contribution in [0.2, 0.25) is 0 Å². The molecule has 0 saturated heterocycles. The van der Waals surface area contributed by atoms with Crippen LogP contribution in [0.25, 0.3) is 0 Å². The maximum absolute atomic E-state index is 13.0. The summed E-state index contributed by atoms with van der Waals surface area (Å²) >= 11 is 0. The van der Waals surface area contributed by atoms with Crippen molar-refractivity contribution in [1.82, 2.24) is 9.62 Å². The second-order valence-electron chi connectivity index (χ2n) is 8.41. The first-order valence-corrected chi connectivity index (χ1v) is 12.1. The van der Waals surface area contributed by atoms with E-state index in [1.165, 1.54) is 0 Å². The third-order valence-electron chi connectivity index (χ3n) is 5.39. The van der Waals surface area contributed by atoms with Crippen LogP contribution in [-0.2, 0) is 19.8 Å². The fourth-order valence-corrected chi connectivity index (χ4v) is 4.99. The van der Waals surface area contributed by atoms with Crippen molar-refractivity contribution in [2.45, 2.75) is 83.7 Å². The van der Waals surface area contributed by atoms with Crippen LogP contribution in [0.5, 0.6) is 0 Å². The predicted octanol–water partition coefficient (Wildman–Crippen LogP) is 1.19. The van der Waals surface area contributed by atoms with Gasteiger partial charge in [-0.1, -0.05) is 46.0 Å². The van der Waals surface area contributed by atoms with Gasteiger partial charge in [0.25, 0.3) is 10.2 Å². The van der Waals surface area contributed by atoms with Gasteiger partial charge in [-0.25, -0.2) is 5.14 Å². The van der Waals surface area contributed by atoms with E-state index in [1.54, 1.807) is 0 Å². The summed E-state index contributed by atoms with van der Waals surface area (Å²) in [6.07, 6.45) is 6.31. The molecule has 6 N–H and O–H groups in total. The van der Waals surface area contributed by atoms with E-state index < -0.39 is 34.2 Å². The molecule has 1 fully saturated rings. The molecule has 170 valence electrons. The molecule has 0 bridgehead atoms. The molecule has 1 amide bonds. The summed E-state index contributed by atoms with van der Waals surface area (Å²) in [6, 6.07) is -2.53. The van der Waals surface area contributed by atoms with Gasteiger partial charge in [0.2, 0.25) is 5.91 Å². The number of carbonyl (C=O) groups excluding carboxylic acids is 1. The lowest BCUT2D eigenvalue weighted by Gasteiger charge is -2.35. The number of carboxylic acid groups (broad SMARTS) is 1. The second-order valence-corrected chi connectivity index (χ2v) is 9.86. The van der Waals surface area contributed by atoms with Crippen LogP contribution in [0.4, 0.5) is 0 Å². The molecular formula is C19H38N4O5S. The highest BCUT2D eigenvalue weighted by atomic mass is 32.2. The highest BCUT2D eigenvalue weighted by Gasteiger charge is 2.42. The zero-order valence-corrected chi connectivity index (χ0v) is 18.5. The minimum atomic E-state index is -4.42. The largest absolute Gasteiger partial charge is 0.480 e. The van der Waals surface area contributed by atoms with Crippen LogP contribution in [0.3, 0.4) is 0 Å². The van der Waals surface area contributed by atoms with Gasteiger partial charge in [-0.2, -0.15) is 12.7 Å². The highest BCUT2D eigenvalue weighted by Crippen LogP contribution is 2.30. The van der Waals surface area contributed by atoms with Crippen LogP contribution in [0, 0.1) is 11.8 Å². The van der Waals surface area contributed by atoms with Crippen LogP contribution < -0.4 is 16.2 Å². The van der Waals surface area contributed by atoms with Crippen LogP contribution in [0.15, 0.2) is 0 Å². The number of unbranched alkanes of at least 4 members (excludes halogenated alkanes) is 1. The Balaban J connectivity index is 3.21. The van der Waals surface area contributed by atoms with Crippen molar-refractivity contribution in [1.29, 1.82) is 0 Å². The van der Waals surface area contributed by atoms with Crippen LogP contribution in [0.1, 0.15) is 71.6 Å². The molecule has 29 heavy (non-hydrogen) atoms. The van der Waals surface area contributed by atoms with Crippen molar-refractivity contribution >= 4 is 22.1 Å². The molecule has 0 spiro atoms. The molecule has 0 heterocycles. The lowest BCUT2D eigenvalue weighted by atomic mass is 9.84. The molecule has 9 nitrogen and oxygen atoms in total.